The lowest BCUT2D eigenvalue weighted by Crippen LogP contribution is -2.22. The number of carbonyl (C=O) groups excluding carboxylic acids is 4. The first kappa shape index (κ1) is 23.4. The predicted molar refractivity (Wildman–Crippen MR) is 111 cm³/mol. The average Bonchev–Trinajstić information content (AvgIpc) is 3.02. The fourth-order valence-electron chi connectivity index (χ4n) is 2.44. The fraction of sp³-hybridized carbons (Fsp3) is 0.300. The zero-order valence-corrected chi connectivity index (χ0v) is 18.1. The van der Waals surface area contributed by atoms with Crippen molar-refractivity contribution in [1.82, 2.24) is 0 Å². The van der Waals surface area contributed by atoms with Gasteiger partial charge in [-0.05, 0) is 38.5 Å². The second-order valence-electron chi connectivity index (χ2n) is 5.81. The van der Waals surface area contributed by atoms with E-state index in [-0.39, 0.29) is 39.2 Å². The molecule has 1 aromatic heterocycles. The minimum atomic E-state index is -0.768. The topological polar surface area (TPSA) is 108 Å². The van der Waals surface area contributed by atoms with E-state index in [4.69, 9.17) is 25.8 Å². The zero-order valence-electron chi connectivity index (χ0n) is 16.6. The van der Waals surface area contributed by atoms with Crippen LogP contribution in [0.1, 0.15) is 49.8 Å². The van der Waals surface area contributed by atoms with Crippen molar-refractivity contribution in [3.63, 3.8) is 0 Å². The van der Waals surface area contributed by atoms with E-state index in [1.54, 1.807) is 32.9 Å². The Labute approximate surface area is 182 Å². The number of nitrogens with one attached hydrogen (secondary N) is 1. The molecule has 0 spiro atoms. The summed E-state index contributed by atoms with van der Waals surface area (Å²) in [7, 11) is 0. The van der Waals surface area contributed by atoms with Crippen molar-refractivity contribution in [2.24, 2.45) is 0 Å². The number of halogens is 1. The molecule has 10 heteroatoms. The molecule has 0 aliphatic heterocycles. The highest BCUT2D eigenvalue weighted by Crippen LogP contribution is 2.34. The summed E-state index contributed by atoms with van der Waals surface area (Å²) < 4.78 is 15.0. The molecule has 0 radical (unpaired) electrons. The van der Waals surface area contributed by atoms with Gasteiger partial charge in [-0.2, -0.15) is 0 Å². The van der Waals surface area contributed by atoms with Crippen molar-refractivity contribution in [1.29, 1.82) is 0 Å². The van der Waals surface area contributed by atoms with Gasteiger partial charge in [-0.15, -0.1) is 11.3 Å². The number of hydrogen-bond donors (Lipinski definition) is 1. The SMILES string of the molecule is CCOC(=O)c1sc(NC(=O)COC(=O)c2ccccc2Cl)c(C(=O)OCC)c1C. The van der Waals surface area contributed by atoms with Crippen molar-refractivity contribution in [3.05, 3.63) is 50.9 Å². The molecule has 1 heterocycles. The van der Waals surface area contributed by atoms with Gasteiger partial charge in [0, 0.05) is 0 Å². The van der Waals surface area contributed by atoms with Crippen LogP contribution in [0.5, 0.6) is 0 Å². The lowest BCUT2D eigenvalue weighted by Gasteiger charge is -2.08. The van der Waals surface area contributed by atoms with E-state index in [0.717, 1.165) is 11.3 Å². The lowest BCUT2D eigenvalue weighted by molar-refractivity contribution is -0.119. The van der Waals surface area contributed by atoms with Crippen LogP contribution < -0.4 is 5.32 Å². The van der Waals surface area contributed by atoms with Crippen LogP contribution >= 0.6 is 22.9 Å². The van der Waals surface area contributed by atoms with Crippen molar-refractivity contribution in [2.75, 3.05) is 25.1 Å². The number of benzene rings is 1. The first-order chi connectivity index (χ1) is 14.3. The van der Waals surface area contributed by atoms with Gasteiger partial charge < -0.3 is 19.5 Å². The summed E-state index contributed by atoms with van der Waals surface area (Å²) >= 11 is 6.81. The highest BCUT2D eigenvalue weighted by molar-refractivity contribution is 7.18. The van der Waals surface area contributed by atoms with Gasteiger partial charge in [0.1, 0.15) is 9.88 Å². The standard InChI is InChI=1S/C20H20ClNO7S/c1-4-27-19(25)15-11(3)16(20(26)28-5-2)30-17(15)22-14(23)10-29-18(24)12-8-6-7-9-13(12)21/h6-9H,4-5,10H2,1-3H3,(H,22,23). The molecule has 8 nitrogen and oxygen atoms in total. The maximum Gasteiger partial charge on any atom is 0.348 e. The highest BCUT2D eigenvalue weighted by Gasteiger charge is 2.27. The third-order valence-corrected chi connectivity index (χ3v) is 5.29. The average molecular weight is 454 g/mol. The Morgan fingerprint density at radius 2 is 1.60 bits per heavy atom. The van der Waals surface area contributed by atoms with Gasteiger partial charge in [0.05, 0.1) is 29.4 Å². The van der Waals surface area contributed by atoms with Gasteiger partial charge in [-0.25, -0.2) is 14.4 Å². The van der Waals surface area contributed by atoms with Crippen molar-refractivity contribution < 1.29 is 33.4 Å². The third-order valence-electron chi connectivity index (χ3n) is 3.77. The van der Waals surface area contributed by atoms with E-state index < -0.39 is 30.4 Å². The van der Waals surface area contributed by atoms with Gasteiger partial charge >= 0.3 is 17.9 Å². The van der Waals surface area contributed by atoms with Crippen LogP contribution in [0.25, 0.3) is 0 Å². The van der Waals surface area contributed by atoms with Crippen LogP contribution in [0.2, 0.25) is 5.02 Å². The van der Waals surface area contributed by atoms with Crippen molar-refractivity contribution in [2.45, 2.75) is 20.8 Å². The monoisotopic (exact) mass is 453 g/mol. The molecular weight excluding hydrogens is 434 g/mol. The summed E-state index contributed by atoms with van der Waals surface area (Å²) in [5.41, 5.74) is 0.506. The molecule has 30 heavy (non-hydrogen) atoms. The van der Waals surface area contributed by atoms with Crippen LogP contribution in [-0.4, -0.2) is 43.6 Å². The van der Waals surface area contributed by atoms with Gasteiger partial charge in [-0.1, -0.05) is 23.7 Å². The van der Waals surface area contributed by atoms with E-state index in [2.05, 4.69) is 5.32 Å². The Hall–Kier alpha value is -2.91. The number of esters is 3. The van der Waals surface area contributed by atoms with Crippen molar-refractivity contribution in [3.8, 4) is 0 Å². The van der Waals surface area contributed by atoms with E-state index >= 15 is 0 Å². The number of anilines is 1. The van der Waals surface area contributed by atoms with Crippen LogP contribution in [-0.2, 0) is 19.0 Å². The second-order valence-corrected chi connectivity index (χ2v) is 7.23. The first-order valence-corrected chi connectivity index (χ1v) is 10.2. The minimum absolute atomic E-state index is 0.0516. The molecule has 1 amide bonds. The summed E-state index contributed by atoms with van der Waals surface area (Å²) in [6.07, 6.45) is 0. The Morgan fingerprint density at radius 3 is 2.23 bits per heavy atom. The van der Waals surface area contributed by atoms with Gasteiger partial charge in [-0.3, -0.25) is 4.79 Å². The number of ether oxygens (including phenoxy) is 3. The molecule has 0 aliphatic carbocycles. The quantitative estimate of drug-likeness (QED) is 0.477. The third kappa shape index (κ3) is 5.58. The zero-order chi connectivity index (χ0) is 22.3. The number of hydrogen-bond acceptors (Lipinski definition) is 8. The van der Waals surface area contributed by atoms with Gasteiger partial charge in [0.2, 0.25) is 0 Å². The molecular formula is C20H20ClNO7S. The van der Waals surface area contributed by atoms with Crippen molar-refractivity contribution >= 4 is 51.8 Å². The van der Waals surface area contributed by atoms with Crippen LogP contribution in [0.3, 0.4) is 0 Å². The van der Waals surface area contributed by atoms with Gasteiger partial charge in [0.15, 0.2) is 6.61 Å². The Kier molecular flexibility index (Phi) is 8.37. The Bertz CT molecular complexity index is 970. The van der Waals surface area contributed by atoms with E-state index in [9.17, 15) is 19.2 Å². The molecule has 1 N–H and O–H groups in total. The molecule has 2 rings (SSSR count). The normalized spacial score (nSPS) is 10.3. The fourth-order valence-corrected chi connectivity index (χ4v) is 3.76. The second kappa shape index (κ2) is 10.7. The summed E-state index contributed by atoms with van der Waals surface area (Å²) in [5, 5.41) is 2.79. The van der Waals surface area contributed by atoms with Gasteiger partial charge in [0.25, 0.3) is 5.91 Å². The molecule has 160 valence electrons. The summed E-state index contributed by atoms with van der Waals surface area (Å²) in [6, 6.07) is 6.26. The molecule has 2 aromatic rings. The highest BCUT2D eigenvalue weighted by atomic mass is 35.5. The van der Waals surface area contributed by atoms with Crippen LogP contribution in [0.15, 0.2) is 24.3 Å². The van der Waals surface area contributed by atoms with E-state index in [1.807, 2.05) is 0 Å². The number of amides is 1. The molecule has 0 saturated heterocycles. The molecule has 0 bridgehead atoms. The molecule has 1 aromatic carbocycles. The van der Waals surface area contributed by atoms with E-state index in [1.165, 1.54) is 12.1 Å². The Morgan fingerprint density at radius 1 is 0.967 bits per heavy atom. The predicted octanol–water partition coefficient (Wildman–Crippen LogP) is 3.86. The minimum Gasteiger partial charge on any atom is -0.462 e. The van der Waals surface area contributed by atoms with Crippen LogP contribution in [0.4, 0.5) is 5.00 Å². The largest absolute Gasteiger partial charge is 0.462 e. The number of thiophene rings is 1. The molecule has 0 aliphatic rings. The Balaban J connectivity index is 2.17. The number of rotatable bonds is 8. The lowest BCUT2D eigenvalue weighted by atomic mass is 10.1. The summed E-state index contributed by atoms with van der Waals surface area (Å²) in [5.74, 6) is -2.77. The smallest absolute Gasteiger partial charge is 0.348 e. The summed E-state index contributed by atoms with van der Waals surface area (Å²) in [4.78, 5) is 49.0. The van der Waals surface area contributed by atoms with Crippen LogP contribution in [0, 0.1) is 6.92 Å². The maximum atomic E-state index is 12.3. The van der Waals surface area contributed by atoms with E-state index in [0.29, 0.717) is 5.56 Å². The maximum absolute atomic E-state index is 12.3. The summed E-state index contributed by atoms with van der Waals surface area (Å²) in [6.45, 7) is 4.51. The first-order valence-electron chi connectivity index (χ1n) is 8.99. The molecule has 0 atom stereocenters. The molecule has 0 fully saturated rings. The number of carbonyl (C=O) groups is 4. The molecule has 0 saturated carbocycles. The molecule has 0 unspecified atom stereocenters.